The second-order valence-corrected chi connectivity index (χ2v) is 6.13. The number of hydrogen-bond donors (Lipinski definition) is 2. The summed E-state index contributed by atoms with van der Waals surface area (Å²) in [5, 5.41) is 2.50. The summed E-state index contributed by atoms with van der Waals surface area (Å²) in [4.78, 5) is 22.3. The fourth-order valence-corrected chi connectivity index (χ4v) is 2.74. The summed E-state index contributed by atoms with van der Waals surface area (Å²) in [6.45, 7) is 1.72. The van der Waals surface area contributed by atoms with Crippen molar-refractivity contribution in [2.24, 2.45) is 5.73 Å². The van der Waals surface area contributed by atoms with E-state index in [0.717, 1.165) is 6.42 Å². The molecule has 0 heterocycles. The van der Waals surface area contributed by atoms with Gasteiger partial charge < -0.3 is 15.8 Å². The van der Waals surface area contributed by atoms with Crippen LogP contribution in [0, 0.1) is 0 Å². The molecule has 8 heteroatoms. The van der Waals surface area contributed by atoms with Crippen LogP contribution in [0.2, 0.25) is 0 Å². The first-order valence-corrected chi connectivity index (χ1v) is 7.49. The van der Waals surface area contributed by atoms with Crippen molar-refractivity contribution >= 4 is 21.8 Å². The lowest BCUT2D eigenvalue weighted by Gasteiger charge is -2.10. The van der Waals surface area contributed by atoms with E-state index in [1.54, 1.807) is 0 Å². The number of likely N-dealkylation sites (N-methyl/N-ethyl adjacent to an activating group) is 1. The predicted octanol–water partition coefficient (Wildman–Crippen LogP) is -1.18. The topological polar surface area (TPSA) is 116 Å². The molecule has 0 aliphatic heterocycles. The van der Waals surface area contributed by atoms with Crippen molar-refractivity contribution in [1.29, 1.82) is 0 Å². The number of ether oxygens (including phenoxy) is 1. The Hall–Kier alpha value is -0.990. The third kappa shape index (κ3) is 7.36. The van der Waals surface area contributed by atoms with Gasteiger partial charge in [0.1, 0.15) is 6.04 Å². The molecule has 0 unspecified atom stereocenters. The maximum absolute atomic E-state index is 11.5. The lowest BCUT2D eigenvalue weighted by molar-refractivity contribution is -0.159. The van der Waals surface area contributed by atoms with Gasteiger partial charge in [0, 0.05) is 0 Å². The lowest BCUT2D eigenvalue weighted by Crippen LogP contribution is -2.41. The Morgan fingerprint density at radius 1 is 1.39 bits per heavy atom. The van der Waals surface area contributed by atoms with E-state index in [-0.39, 0.29) is 12.3 Å². The van der Waals surface area contributed by atoms with Crippen molar-refractivity contribution < 1.29 is 22.7 Å². The molecule has 0 aliphatic rings. The average Bonchev–Trinajstić information content (AvgIpc) is 2.26. The molecule has 0 bridgehead atoms. The van der Waals surface area contributed by atoms with E-state index < -0.39 is 33.6 Å². The van der Waals surface area contributed by atoms with Crippen LogP contribution in [0.4, 0.5) is 0 Å². The van der Waals surface area contributed by atoms with Crippen molar-refractivity contribution in [2.75, 3.05) is 25.1 Å². The highest BCUT2D eigenvalue weighted by atomic mass is 32.2. The lowest BCUT2D eigenvalue weighted by atomic mass is 10.4. The molecule has 18 heavy (non-hydrogen) atoms. The van der Waals surface area contributed by atoms with Crippen LogP contribution >= 0.6 is 0 Å². The van der Waals surface area contributed by atoms with Crippen molar-refractivity contribution in [3.8, 4) is 0 Å². The molecule has 0 aromatic carbocycles. The van der Waals surface area contributed by atoms with Crippen molar-refractivity contribution in [3.05, 3.63) is 0 Å². The van der Waals surface area contributed by atoms with Gasteiger partial charge in [-0.1, -0.05) is 13.3 Å². The van der Waals surface area contributed by atoms with Gasteiger partial charge in [-0.15, -0.1) is 0 Å². The standard InChI is InChI=1S/C10H20N2O5S/c1-3-4-5-18(15,16)7-8(11)10(14)17-9(13)6-12-2/h8,12H,3-7,11H2,1-2H3/t8-/m1/s1. The quantitative estimate of drug-likeness (QED) is 0.424. The van der Waals surface area contributed by atoms with Gasteiger partial charge in [0.25, 0.3) is 0 Å². The number of esters is 2. The van der Waals surface area contributed by atoms with Gasteiger partial charge in [0.15, 0.2) is 9.84 Å². The summed E-state index contributed by atoms with van der Waals surface area (Å²) < 4.78 is 27.4. The Labute approximate surface area is 107 Å². The maximum atomic E-state index is 11.5. The average molecular weight is 280 g/mol. The summed E-state index contributed by atoms with van der Waals surface area (Å²) in [5.74, 6) is -2.33. The van der Waals surface area contributed by atoms with Gasteiger partial charge >= 0.3 is 11.9 Å². The highest BCUT2D eigenvalue weighted by Crippen LogP contribution is 2.00. The molecule has 0 fully saturated rings. The Balaban J connectivity index is 4.27. The smallest absolute Gasteiger partial charge is 0.331 e. The van der Waals surface area contributed by atoms with Gasteiger partial charge in [0.2, 0.25) is 0 Å². The summed E-state index contributed by atoms with van der Waals surface area (Å²) in [5.41, 5.74) is 5.39. The van der Waals surface area contributed by atoms with Gasteiger partial charge in [0.05, 0.1) is 18.1 Å². The molecule has 0 radical (unpaired) electrons. The molecule has 0 aliphatic carbocycles. The zero-order chi connectivity index (χ0) is 14.2. The van der Waals surface area contributed by atoms with Gasteiger partial charge in [-0.25, -0.2) is 13.2 Å². The summed E-state index contributed by atoms with van der Waals surface area (Å²) in [6, 6.07) is -1.33. The van der Waals surface area contributed by atoms with Crippen LogP contribution in [0.5, 0.6) is 0 Å². The van der Waals surface area contributed by atoms with Crippen LogP contribution in [0.15, 0.2) is 0 Å². The summed E-state index contributed by atoms with van der Waals surface area (Å²) in [7, 11) is -1.87. The maximum Gasteiger partial charge on any atom is 0.331 e. The molecular formula is C10H20N2O5S. The van der Waals surface area contributed by atoms with Crippen molar-refractivity contribution in [3.63, 3.8) is 0 Å². The Morgan fingerprint density at radius 2 is 2.00 bits per heavy atom. The van der Waals surface area contributed by atoms with Crippen LogP contribution in [0.1, 0.15) is 19.8 Å². The highest BCUT2D eigenvalue weighted by molar-refractivity contribution is 7.91. The highest BCUT2D eigenvalue weighted by Gasteiger charge is 2.24. The van der Waals surface area contributed by atoms with E-state index >= 15 is 0 Å². The van der Waals surface area contributed by atoms with E-state index in [0.29, 0.717) is 6.42 Å². The molecule has 0 rings (SSSR count). The van der Waals surface area contributed by atoms with Crippen molar-refractivity contribution in [2.45, 2.75) is 25.8 Å². The molecule has 1 atom stereocenters. The number of hydrogen-bond acceptors (Lipinski definition) is 7. The Bertz CT molecular complexity index is 380. The number of carbonyl (C=O) groups is 2. The van der Waals surface area contributed by atoms with Crippen LogP contribution < -0.4 is 11.1 Å². The summed E-state index contributed by atoms with van der Waals surface area (Å²) in [6.07, 6.45) is 1.25. The molecule has 7 nitrogen and oxygen atoms in total. The van der Waals surface area contributed by atoms with E-state index in [1.807, 2.05) is 6.92 Å². The van der Waals surface area contributed by atoms with Gasteiger partial charge in [-0.2, -0.15) is 0 Å². The number of rotatable bonds is 8. The molecule has 0 saturated carbocycles. The second-order valence-electron chi connectivity index (χ2n) is 3.90. The minimum absolute atomic E-state index is 0.0189. The second kappa shape index (κ2) is 8.17. The Kier molecular flexibility index (Phi) is 7.72. The predicted molar refractivity (Wildman–Crippen MR) is 66.6 cm³/mol. The molecule has 0 aromatic rings. The Morgan fingerprint density at radius 3 is 2.50 bits per heavy atom. The number of nitrogens with two attached hydrogens (primary N) is 1. The molecule has 106 valence electrons. The van der Waals surface area contributed by atoms with E-state index in [9.17, 15) is 18.0 Å². The molecule has 0 amide bonds. The van der Waals surface area contributed by atoms with Crippen LogP contribution in [-0.4, -0.2) is 51.5 Å². The minimum atomic E-state index is -3.39. The first-order valence-electron chi connectivity index (χ1n) is 5.67. The normalized spacial score (nSPS) is 13.1. The summed E-state index contributed by atoms with van der Waals surface area (Å²) >= 11 is 0. The third-order valence-electron chi connectivity index (χ3n) is 2.08. The van der Waals surface area contributed by atoms with Crippen LogP contribution in [-0.2, 0) is 24.2 Å². The molecular weight excluding hydrogens is 260 g/mol. The monoisotopic (exact) mass is 280 g/mol. The zero-order valence-corrected chi connectivity index (χ0v) is 11.5. The zero-order valence-electron chi connectivity index (χ0n) is 10.6. The van der Waals surface area contributed by atoms with Crippen molar-refractivity contribution in [1.82, 2.24) is 5.32 Å². The van der Waals surface area contributed by atoms with E-state index in [1.165, 1.54) is 7.05 Å². The number of carbonyl (C=O) groups excluding carboxylic acids is 2. The molecule has 0 aromatic heterocycles. The molecule has 0 saturated heterocycles. The SMILES string of the molecule is CCCCS(=O)(=O)C[C@@H](N)C(=O)OC(=O)CNC. The largest absolute Gasteiger partial charge is 0.391 e. The number of unbranched alkanes of at least 4 members (excludes halogenated alkanes) is 1. The third-order valence-corrected chi connectivity index (χ3v) is 3.86. The van der Waals surface area contributed by atoms with Crippen LogP contribution in [0.3, 0.4) is 0 Å². The molecule has 0 spiro atoms. The fraction of sp³-hybridized carbons (Fsp3) is 0.800. The van der Waals surface area contributed by atoms with Gasteiger partial charge in [-0.05, 0) is 13.5 Å². The number of nitrogens with one attached hydrogen (secondary N) is 1. The first kappa shape index (κ1) is 17.0. The first-order chi connectivity index (χ1) is 8.32. The van der Waals surface area contributed by atoms with Crippen LogP contribution in [0.25, 0.3) is 0 Å². The number of sulfone groups is 1. The minimum Gasteiger partial charge on any atom is -0.391 e. The molecule has 3 N–H and O–H groups in total. The van der Waals surface area contributed by atoms with Gasteiger partial charge in [-0.3, -0.25) is 4.79 Å². The van der Waals surface area contributed by atoms with E-state index in [2.05, 4.69) is 10.1 Å². The van der Waals surface area contributed by atoms with E-state index in [4.69, 9.17) is 5.73 Å². The fourth-order valence-electron chi connectivity index (χ4n) is 1.16.